The lowest BCUT2D eigenvalue weighted by Crippen LogP contribution is -2.11. The maximum absolute atomic E-state index is 12.5. The van der Waals surface area contributed by atoms with Gasteiger partial charge in [-0.3, -0.25) is 10.1 Å². The molecule has 6 nitrogen and oxygen atoms in total. The van der Waals surface area contributed by atoms with Gasteiger partial charge in [-0.15, -0.1) is 0 Å². The number of rotatable bonds is 3. The molecule has 0 bridgehead atoms. The number of hydrogen-bond acceptors (Lipinski definition) is 6. The molecular formula is C20H14ClN3O3S. The second-order valence-corrected chi connectivity index (χ2v) is 8.08. The Bertz CT molecular complexity index is 1220. The Morgan fingerprint density at radius 2 is 2.14 bits per heavy atom. The van der Waals surface area contributed by atoms with Crippen LogP contribution in [0.3, 0.4) is 0 Å². The maximum atomic E-state index is 12.5. The van der Waals surface area contributed by atoms with Crippen molar-refractivity contribution in [3.63, 3.8) is 0 Å². The van der Waals surface area contributed by atoms with Crippen LogP contribution >= 0.6 is 22.9 Å². The third kappa shape index (κ3) is 3.12. The third-order valence-corrected chi connectivity index (χ3v) is 5.66. The topological polar surface area (TPSA) is 77.3 Å². The van der Waals surface area contributed by atoms with Gasteiger partial charge in [0.2, 0.25) is 0 Å². The molecule has 8 heteroatoms. The Kier molecular flexibility index (Phi) is 4.07. The predicted molar refractivity (Wildman–Crippen MR) is 108 cm³/mol. The molecule has 1 amide bonds. The van der Waals surface area contributed by atoms with Gasteiger partial charge in [-0.1, -0.05) is 28.1 Å². The van der Waals surface area contributed by atoms with E-state index in [0.29, 0.717) is 15.9 Å². The molecule has 3 heterocycles. The van der Waals surface area contributed by atoms with E-state index in [1.165, 1.54) is 11.3 Å². The average molecular weight is 412 g/mol. The first-order valence-corrected chi connectivity index (χ1v) is 9.89. The van der Waals surface area contributed by atoms with Gasteiger partial charge >= 0.3 is 0 Å². The summed E-state index contributed by atoms with van der Waals surface area (Å²) in [5.74, 6) is 1.05. The van der Waals surface area contributed by atoms with Crippen molar-refractivity contribution in [3.05, 3.63) is 58.7 Å². The Hall–Kier alpha value is -2.90. The lowest BCUT2D eigenvalue weighted by atomic mass is 10.1. The molecule has 2 aromatic heterocycles. The minimum Gasteiger partial charge on any atom is -0.490 e. The second-order valence-electron chi connectivity index (χ2n) is 6.62. The number of amides is 1. The molecule has 0 aliphatic carbocycles. The molecule has 0 radical (unpaired) electrons. The summed E-state index contributed by atoms with van der Waals surface area (Å²) in [5.41, 5.74) is 2.95. The lowest BCUT2D eigenvalue weighted by Gasteiger charge is -2.02. The number of fused-ring (bicyclic) bond motifs is 2. The molecule has 0 saturated carbocycles. The van der Waals surface area contributed by atoms with Crippen molar-refractivity contribution >= 4 is 44.2 Å². The number of nitrogens with one attached hydrogen (secondary N) is 1. The number of aromatic nitrogens is 2. The third-order valence-electron chi connectivity index (χ3n) is 4.49. The van der Waals surface area contributed by atoms with Crippen LogP contribution in [0.5, 0.6) is 5.75 Å². The van der Waals surface area contributed by atoms with E-state index < -0.39 is 0 Å². The molecule has 1 aliphatic heterocycles. The van der Waals surface area contributed by atoms with Gasteiger partial charge in [-0.2, -0.15) is 0 Å². The highest BCUT2D eigenvalue weighted by molar-refractivity contribution is 7.22. The van der Waals surface area contributed by atoms with Crippen molar-refractivity contribution in [1.29, 1.82) is 0 Å². The van der Waals surface area contributed by atoms with E-state index in [0.717, 1.165) is 33.5 Å². The zero-order chi connectivity index (χ0) is 19.3. The molecule has 4 aromatic rings. The number of carbonyl (C=O) groups excluding carboxylic acids is 1. The zero-order valence-electron chi connectivity index (χ0n) is 14.7. The summed E-state index contributed by atoms with van der Waals surface area (Å²) >= 11 is 7.35. The number of benzene rings is 2. The Balaban J connectivity index is 1.36. The Morgan fingerprint density at radius 3 is 3.04 bits per heavy atom. The number of thiazole rings is 1. The molecule has 28 heavy (non-hydrogen) atoms. The van der Waals surface area contributed by atoms with Crippen LogP contribution in [-0.2, 0) is 6.42 Å². The largest absolute Gasteiger partial charge is 0.490 e. The predicted octanol–water partition coefficient (Wildman–Crippen LogP) is 5.18. The van der Waals surface area contributed by atoms with E-state index in [1.54, 1.807) is 12.1 Å². The molecule has 5 rings (SSSR count). The first-order valence-electron chi connectivity index (χ1n) is 8.69. The molecule has 0 spiro atoms. The number of nitrogens with zero attached hydrogens (tertiary/aromatic N) is 2. The van der Waals surface area contributed by atoms with Gasteiger partial charge in [-0.25, -0.2) is 4.98 Å². The van der Waals surface area contributed by atoms with Crippen molar-refractivity contribution in [2.75, 3.05) is 5.32 Å². The molecule has 2 aromatic carbocycles. The van der Waals surface area contributed by atoms with E-state index in [1.807, 2.05) is 37.3 Å². The number of carbonyl (C=O) groups is 1. The van der Waals surface area contributed by atoms with Gasteiger partial charge in [0.25, 0.3) is 5.91 Å². The van der Waals surface area contributed by atoms with Gasteiger partial charge < -0.3 is 9.26 Å². The molecule has 140 valence electrons. The summed E-state index contributed by atoms with van der Waals surface area (Å²) in [5, 5.41) is 7.78. The van der Waals surface area contributed by atoms with Crippen LogP contribution in [0, 0.1) is 0 Å². The summed E-state index contributed by atoms with van der Waals surface area (Å²) in [7, 11) is 0. The Morgan fingerprint density at radius 1 is 1.25 bits per heavy atom. The zero-order valence-corrected chi connectivity index (χ0v) is 16.3. The smallest absolute Gasteiger partial charge is 0.279 e. The van der Waals surface area contributed by atoms with Crippen LogP contribution in [-0.4, -0.2) is 22.2 Å². The van der Waals surface area contributed by atoms with Crippen LogP contribution in [0.25, 0.3) is 21.5 Å². The quantitative estimate of drug-likeness (QED) is 0.502. The fourth-order valence-electron chi connectivity index (χ4n) is 3.21. The number of hydrogen-bond donors (Lipinski definition) is 1. The molecule has 1 N–H and O–H groups in total. The van der Waals surface area contributed by atoms with Crippen molar-refractivity contribution in [2.45, 2.75) is 19.4 Å². The first-order chi connectivity index (χ1) is 13.5. The van der Waals surface area contributed by atoms with E-state index in [2.05, 4.69) is 15.5 Å². The summed E-state index contributed by atoms with van der Waals surface area (Å²) in [6.07, 6.45) is 1.02. The van der Waals surface area contributed by atoms with Crippen LogP contribution in [0.2, 0.25) is 5.02 Å². The Labute approximate surface area is 169 Å². The van der Waals surface area contributed by atoms with Gasteiger partial charge in [0, 0.05) is 23.1 Å². The van der Waals surface area contributed by atoms with E-state index in [9.17, 15) is 4.79 Å². The van der Waals surface area contributed by atoms with E-state index in [-0.39, 0.29) is 17.7 Å². The van der Waals surface area contributed by atoms with Crippen molar-refractivity contribution in [3.8, 4) is 17.1 Å². The monoisotopic (exact) mass is 411 g/mol. The van der Waals surface area contributed by atoms with Gasteiger partial charge in [0.15, 0.2) is 16.6 Å². The van der Waals surface area contributed by atoms with Crippen LogP contribution in [0.4, 0.5) is 5.13 Å². The van der Waals surface area contributed by atoms with Crippen molar-refractivity contribution in [2.24, 2.45) is 0 Å². The molecule has 1 aliphatic rings. The second kappa shape index (κ2) is 6.61. The summed E-state index contributed by atoms with van der Waals surface area (Å²) in [6, 6.07) is 12.9. The van der Waals surface area contributed by atoms with Crippen molar-refractivity contribution < 1.29 is 14.1 Å². The minimum atomic E-state index is -0.377. The summed E-state index contributed by atoms with van der Waals surface area (Å²) in [4.78, 5) is 16.9. The van der Waals surface area contributed by atoms with Gasteiger partial charge in [-0.05, 0) is 48.9 Å². The highest BCUT2D eigenvalue weighted by atomic mass is 35.5. The summed E-state index contributed by atoms with van der Waals surface area (Å²) in [6.45, 7) is 2.03. The number of anilines is 1. The van der Waals surface area contributed by atoms with Crippen molar-refractivity contribution in [1.82, 2.24) is 10.1 Å². The minimum absolute atomic E-state index is 0.171. The van der Waals surface area contributed by atoms with Gasteiger partial charge in [0.1, 0.15) is 11.9 Å². The summed E-state index contributed by atoms with van der Waals surface area (Å²) < 4.78 is 12.0. The average Bonchev–Trinajstić information content (AvgIpc) is 3.37. The van der Waals surface area contributed by atoms with Gasteiger partial charge in [0.05, 0.1) is 10.2 Å². The highest BCUT2D eigenvalue weighted by Gasteiger charge is 2.21. The number of ether oxygens (including phenoxy) is 1. The lowest BCUT2D eigenvalue weighted by molar-refractivity contribution is 0.101. The molecule has 1 atom stereocenters. The normalized spacial score (nSPS) is 15.4. The van der Waals surface area contributed by atoms with E-state index in [4.69, 9.17) is 20.9 Å². The fourth-order valence-corrected chi connectivity index (χ4v) is 4.34. The van der Waals surface area contributed by atoms with Crippen LogP contribution in [0.1, 0.15) is 23.0 Å². The first kappa shape index (κ1) is 17.2. The fraction of sp³-hybridized carbons (Fsp3) is 0.150. The highest BCUT2D eigenvalue weighted by Crippen LogP contribution is 2.33. The molecule has 0 saturated heterocycles. The van der Waals surface area contributed by atoms with Crippen LogP contribution < -0.4 is 10.1 Å². The SMILES string of the molecule is C[C@@H]1Cc2cc(-c3cc(C(=O)Nc4nc5ccc(Cl)cc5s4)no3)ccc2O1. The molecule has 0 unspecified atom stereocenters. The maximum Gasteiger partial charge on any atom is 0.279 e. The molecule has 0 fully saturated rings. The molecular weight excluding hydrogens is 398 g/mol. The van der Waals surface area contributed by atoms with E-state index >= 15 is 0 Å². The standard InChI is InChI=1S/C20H14ClN3O3S/c1-10-6-12-7-11(2-5-16(12)26-10)17-9-15(24-27-17)19(25)23-20-22-14-4-3-13(21)8-18(14)28-20/h2-5,7-10H,6H2,1H3,(H,22,23,25)/t10-/m1/s1. The van der Waals surface area contributed by atoms with Crippen LogP contribution in [0.15, 0.2) is 47.0 Å². The number of halogens is 1.